The van der Waals surface area contributed by atoms with Crippen LogP contribution in [0.4, 0.5) is 0 Å². The quantitative estimate of drug-likeness (QED) is 0.586. The van der Waals surface area contributed by atoms with Gasteiger partial charge in [-0.1, -0.05) is 0 Å². The molecule has 0 aromatic heterocycles. The van der Waals surface area contributed by atoms with Crippen LogP contribution in [0.1, 0.15) is 0 Å². The molecule has 2 aliphatic rings. The molecular formula is C9H14N2O4. The third kappa shape index (κ3) is 2.10. The highest BCUT2D eigenvalue weighted by Crippen LogP contribution is 2.12. The van der Waals surface area contributed by atoms with Crippen molar-refractivity contribution in [3.05, 3.63) is 0 Å². The maximum atomic E-state index is 11.8. The second kappa shape index (κ2) is 4.16. The fraction of sp³-hybridized carbons (Fsp3) is 0.778. The SMILES string of the molecule is O=C(O)C1CN(C(=O)C2CNC2)CCO1. The molecule has 0 bridgehead atoms. The van der Waals surface area contributed by atoms with E-state index in [1.54, 1.807) is 4.90 Å². The van der Waals surface area contributed by atoms with E-state index >= 15 is 0 Å². The number of aliphatic carboxylic acids is 1. The Hall–Kier alpha value is -1.14. The molecule has 0 spiro atoms. The predicted molar refractivity (Wildman–Crippen MR) is 50.3 cm³/mol. The first-order valence-corrected chi connectivity index (χ1v) is 5.02. The maximum Gasteiger partial charge on any atom is 0.334 e. The molecule has 2 N–H and O–H groups in total. The Morgan fingerprint density at radius 3 is 2.67 bits per heavy atom. The van der Waals surface area contributed by atoms with Gasteiger partial charge in [0.1, 0.15) is 0 Å². The number of carboxylic acid groups (broad SMARTS) is 1. The molecule has 1 amide bonds. The smallest absolute Gasteiger partial charge is 0.334 e. The van der Waals surface area contributed by atoms with E-state index in [9.17, 15) is 9.59 Å². The van der Waals surface area contributed by atoms with Crippen molar-refractivity contribution in [3.8, 4) is 0 Å². The monoisotopic (exact) mass is 214 g/mol. The van der Waals surface area contributed by atoms with Gasteiger partial charge in [0, 0.05) is 19.6 Å². The van der Waals surface area contributed by atoms with Crippen molar-refractivity contribution in [2.45, 2.75) is 6.10 Å². The minimum Gasteiger partial charge on any atom is -0.479 e. The van der Waals surface area contributed by atoms with Crippen LogP contribution in [0.3, 0.4) is 0 Å². The first-order chi connectivity index (χ1) is 7.18. The summed E-state index contributed by atoms with van der Waals surface area (Å²) in [7, 11) is 0. The number of hydrogen-bond donors (Lipinski definition) is 2. The van der Waals surface area contributed by atoms with Crippen molar-refractivity contribution in [1.29, 1.82) is 0 Å². The zero-order valence-electron chi connectivity index (χ0n) is 8.31. The summed E-state index contributed by atoms with van der Waals surface area (Å²) in [5.74, 6) is -0.930. The Morgan fingerprint density at radius 1 is 1.40 bits per heavy atom. The fourth-order valence-corrected chi connectivity index (χ4v) is 1.72. The summed E-state index contributed by atoms with van der Waals surface area (Å²) < 4.78 is 5.04. The zero-order valence-corrected chi connectivity index (χ0v) is 8.31. The van der Waals surface area contributed by atoms with Gasteiger partial charge in [0.15, 0.2) is 6.10 Å². The molecule has 0 aliphatic carbocycles. The van der Waals surface area contributed by atoms with Gasteiger partial charge in [-0.25, -0.2) is 4.79 Å². The van der Waals surface area contributed by atoms with Crippen molar-refractivity contribution in [3.63, 3.8) is 0 Å². The van der Waals surface area contributed by atoms with Crippen molar-refractivity contribution in [2.24, 2.45) is 5.92 Å². The lowest BCUT2D eigenvalue weighted by Crippen LogP contribution is -2.56. The molecule has 1 atom stereocenters. The number of amides is 1. The number of carbonyl (C=O) groups is 2. The summed E-state index contributed by atoms with van der Waals surface area (Å²) in [6, 6.07) is 0. The van der Waals surface area contributed by atoms with Crippen molar-refractivity contribution >= 4 is 11.9 Å². The summed E-state index contributed by atoms with van der Waals surface area (Å²) in [5, 5.41) is 11.8. The molecule has 0 aromatic rings. The molecule has 0 aromatic carbocycles. The largest absolute Gasteiger partial charge is 0.479 e. The third-order valence-electron chi connectivity index (χ3n) is 2.78. The Balaban J connectivity index is 1.91. The highest BCUT2D eigenvalue weighted by Gasteiger charge is 2.34. The average molecular weight is 214 g/mol. The highest BCUT2D eigenvalue weighted by atomic mass is 16.5. The Kier molecular flexibility index (Phi) is 2.88. The number of nitrogens with zero attached hydrogens (tertiary/aromatic N) is 1. The van der Waals surface area contributed by atoms with Crippen molar-refractivity contribution in [1.82, 2.24) is 10.2 Å². The Bertz CT molecular complexity index is 277. The molecule has 1 unspecified atom stereocenters. The fourth-order valence-electron chi connectivity index (χ4n) is 1.72. The minimum absolute atomic E-state index is 0.0255. The minimum atomic E-state index is -1.00. The molecule has 2 saturated heterocycles. The van der Waals surface area contributed by atoms with Gasteiger partial charge in [-0.15, -0.1) is 0 Å². The van der Waals surface area contributed by atoms with Crippen LogP contribution in [-0.4, -0.2) is 60.8 Å². The third-order valence-corrected chi connectivity index (χ3v) is 2.78. The average Bonchev–Trinajstić information content (AvgIpc) is 2.15. The number of carbonyl (C=O) groups excluding carboxylic acids is 1. The van der Waals surface area contributed by atoms with E-state index in [2.05, 4.69) is 5.32 Å². The van der Waals surface area contributed by atoms with Gasteiger partial charge in [-0.2, -0.15) is 0 Å². The standard InChI is InChI=1S/C9H14N2O4/c12-8(6-3-10-4-6)11-1-2-15-7(5-11)9(13)14/h6-7,10H,1-5H2,(H,13,14). The Morgan fingerprint density at radius 2 is 2.13 bits per heavy atom. The molecule has 15 heavy (non-hydrogen) atoms. The van der Waals surface area contributed by atoms with Gasteiger partial charge in [0.05, 0.1) is 19.1 Å². The summed E-state index contributed by atoms with van der Waals surface area (Å²) in [6.45, 7) is 2.38. The van der Waals surface area contributed by atoms with E-state index in [1.807, 2.05) is 0 Å². The number of nitrogens with one attached hydrogen (secondary N) is 1. The predicted octanol–water partition coefficient (Wildman–Crippen LogP) is -1.48. The van der Waals surface area contributed by atoms with E-state index < -0.39 is 12.1 Å². The van der Waals surface area contributed by atoms with Crippen LogP contribution in [0.25, 0.3) is 0 Å². The van der Waals surface area contributed by atoms with Crippen LogP contribution in [0.2, 0.25) is 0 Å². The summed E-state index contributed by atoms with van der Waals surface area (Å²) >= 11 is 0. The summed E-state index contributed by atoms with van der Waals surface area (Å²) in [4.78, 5) is 24.1. The lowest BCUT2D eigenvalue weighted by Gasteiger charge is -2.36. The van der Waals surface area contributed by atoms with Gasteiger partial charge in [0.25, 0.3) is 0 Å². The van der Waals surface area contributed by atoms with E-state index in [4.69, 9.17) is 9.84 Å². The first-order valence-electron chi connectivity index (χ1n) is 5.02. The van der Waals surface area contributed by atoms with Crippen LogP contribution in [0.5, 0.6) is 0 Å². The van der Waals surface area contributed by atoms with E-state index in [0.717, 1.165) is 0 Å². The van der Waals surface area contributed by atoms with Crippen molar-refractivity contribution < 1.29 is 19.4 Å². The number of ether oxygens (including phenoxy) is 1. The molecular weight excluding hydrogens is 200 g/mol. The van der Waals surface area contributed by atoms with Crippen molar-refractivity contribution in [2.75, 3.05) is 32.8 Å². The zero-order chi connectivity index (χ0) is 10.8. The van der Waals surface area contributed by atoms with Crippen LogP contribution in [-0.2, 0) is 14.3 Å². The van der Waals surface area contributed by atoms with Crippen LogP contribution >= 0.6 is 0 Å². The lowest BCUT2D eigenvalue weighted by molar-refractivity contribution is -0.161. The normalized spacial score (nSPS) is 27.2. The van der Waals surface area contributed by atoms with E-state index in [0.29, 0.717) is 26.2 Å². The topological polar surface area (TPSA) is 78.9 Å². The summed E-state index contributed by atoms with van der Waals surface area (Å²) in [5.41, 5.74) is 0. The molecule has 6 nitrogen and oxygen atoms in total. The molecule has 2 heterocycles. The lowest BCUT2D eigenvalue weighted by atomic mass is 10.0. The second-order valence-electron chi connectivity index (χ2n) is 3.84. The van der Waals surface area contributed by atoms with Gasteiger partial charge in [-0.3, -0.25) is 4.79 Å². The number of morpholine rings is 1. The second-order valence-corrected chi connectivity index (χ2v) is 3.84. The van der Waals surface area contributed by atoms with Crippen LogP contribution in [0, 0.1) is 5.92 Å². The van der Waals surface area contributed by atoms with Gasteiger partial charge in [0.2, 0.25) is 5.91 Å². The van der Waals surface area contributed by atoms with Gasteiger partial charge >= 0.3 is 5.97 Å². The molecule has 0 radical (unpaired) electrons. The first kappa shape index (κ1) is 10.4. The maximum absolute atomic E-state index is 11.8. The molecule has 0 saturated carbocycles. The number of carboxylic acids is 1. The van der Waals surface area contributed by atoms with E-state index in [1.165, 1.54) is 0 Å². The van der Waals surface area contributed by atoms with Gasteiger partial charge < -0.3 is 20.1 Å². The molecule has 2 aliphatic heterocycles. The molecule has 2 rings (SSSR count). The van der Waals surface area contributed by atoms with Gasteiger partial charge in [-0.05, 0) is 0 Å². The molecule has 6 heteroatoms. The van der Waals surface area contributed by atoms with Crippen LogP contribution in [0.15, 0.2) is 0 Å². The van der Waals surface area contributed by atoms with Crippen LogP contribution < -0.4 is 5.32 Å². The number of hydrogen-bond acceptors (Lipinski definition) is 4. The highest BCUT2D eigenvalue weighted by molar-refractivity contribution is 5.81. The molecule has 2 fully saturated rings. The molecule has 84 valence electrons. The Labute approximate surface area is 87.2 Å². The number of rotatable bonds is 2. The summed E-state index contributed by atoms with van der Waals surface area (Å²) in [6.07, 6.45) is -0.865. The van der Waals surface area contributed by atoms with E-state index in [-0.39, 0.29) is 18.4 Å².